The summed E-state index contributed by atoms with van der Waals surface area (Å²) in [5.74, 6) is -1.76. The molecule has 0 bridgehead atoms. The van der Waals surface area contributed by atoms with E-state index in [0.717, 1.165) is 12.1 Å². The third-order valence-electron chi connectivity index (χ3n) is 3.90. The van der Waals surface area contributed by atoms with Crippen LogP contribution in [0.15, 0.2) is 57.7 Å². The molecule has 0 aliphatic heterocycles. The van der Waals surface area contributed by atoms with Gasteiger partial charge in [0.25, 0.3) is 5.91 Å². The van der Waals surface area contributed by atoms with Crippen molar-refractivity contribution in [1.82, 2.24) is 0 Å². The van der Waals surface area contributed by atoms with Crippen LogP contribution in [0.4, 0.5) is 18.9 Å². The number of carbonyl (C=O) groups excluding carboxylic acids is 2. The summed E-state index contributed by atoms with van der Waals surface area (Å²) >= 11 is 5.74. The van der Waals surface area contributed by atoms with Crippen molar-refractivity contribution in [2.45, 2.75) is 6.18 Å². The Morgan fingerprint density at radius 3 is 2.55 bits per heavy atom. The van der Waals surface area contributed by atoms with Crippen molar-refractivity contribution >= 4 is 40.1 Å². The first-order valence-electron chi connectivity index (χ1n) is 8.61. The van der Waals surface area contributed by atoms with E-state index in [-0.39, 0.29) is 16.4 Å². The summed E-state index contributed by atoms with van der Waals surface area (Å²) in [5, 5.41) is 2.31. The Morgan fingerprint density at radius 2 is 1.81 bits per heavy atom. The second-order valence-corrected chi connectivity index (χ2v) is 6.52. The fraction of sp³-hybridized carbons (Fsp3) is 0.150. The van der Waals surface area contributed by atoms with Crippen LogP contribution in [0.1, 0.15) is 5.56 Å². The number of rotatable bonds is 6. The zero-order chi connectivity index (χ0) is 22.6. The Morgan fingerprint density at radius 1 is 1.06 bits per heavy atom. The van der Waals surface area contributed by atoms with Crippen molar-refractivity contribution in [3.05, 3.63) is 69.5 Å². The van der Waals surface area contributed by atoms with Gasteiger partial charge in [-0.25, -0.2) is 9.59 Å². The van der Waals surface area contributed by atoms with E-state index >= 15 is 0 Å². The van der Waals surface area contributed by atoms with E-state index in [0.29, 0.717) is 5.39 Å². The first-order valence-corrected chi connectivity index (χ1v) is 8.99. The second-order valence-electron chi connectivity index (χ2n) is 6.11. The zero-order valence-corrected chi connectivity index (χ0v) is 16.3. The molecular formula is C20H13ClF3NO6. The highest BCUT2D eigenvalue weighted by Gasteiger charge is 2.34. The van der Waals surface area contributed by atoms with Crippen LogP contribution in [0.5, 0.6) is 5.75 Å². The Bertz CT molecular complexity index is 1190. The molecule has 1 N–H and O–H groups in total. The predicted molar refractivity (Wildman–Crippen MR) is 104 cm³/mol. The van der Waals surface area contributed by atoms with Gasteiger partial charge in [0.15, 0.2) is 13.2 Å². The third-order valence-corrected chi connectivity index (χ3v) is 4.21. The van der Waals surface area contributed by atoms with Crippen LogP contribution in [0.2, 0.25) is 5.02 Å². The van der Waals surface area contributed by atoms with Gasteiger partial charge in [0.1, 0.15) is 11.3 Å². The molecule has 3 rings (SSSR count). The van der Waals surface area contributed by atoms with E-state index in [9.17, 15) is 27.6 Å². The number of hydrogen-bond acceptors (Lipinski definition) is 6. The van der Waals surface area contributed by atoms with E-state index in [1.54, 1.807) is 12.1 Å². The van der Waals surface area contributed by atoms with Gasteiger partial charge >= 0.3 is 17.8 Å². The van der Waals surface area contributed by atoms with E-state index in [2.05, 4.69) is 0 Å². The molecule has 0 aliphatic carbocycles. The number of esters is 1. The minimum atomic E-state index is -4.74. The molecule has 0 atom stereocenters. The third kappa shape index (κ3) is 5.76. The Labute approximate surface area is 177 Å². The average molecular weight is 456 g/mol. The predicted octanol–water partition coefficient (Wildman–Crippen LogP) is 4.03. The lowest BCUT2D eigenvalue weighted by Gasteiger charge is -2.15. The van der Waals surface area contributed by atoms with E-state index < -0.39 is 48.1 Å². The van der Waals surface area contributed by atoms with Crippen molar-refractivity contribution < 1.29 is 36.7 Å². The highest BCUT2D eigenvalue weighted by atomic mass is 35.5. The van der Waals surface area contributed by atoms with Crippen LogP contribution in [0.3, 0.4) is 0 Å². The molecule has 3 aromatic rings. The maximum absolute atomic E-state index is 13.0. The van der Waals surface area contributed by atoms with Crippen molar-refractivity contribution in [3.63, 3.8) is 0 Å². The SMILES string of the molecule is O=C(COC(=O)COc1ccc2ccc(=O)oc2c1)Nc1c(Cl)cccc1C(F)(F)F. The maximum atomic E-state index is 13.0. The Hall–Kier alpha value is -3.53. The molecule has 162 valence electrons. The molecule has 0 fully saturated rings. The van der Waals surface area contributed by atoms with Crippen molar-refractivity contribution in [2.24, 2.45) is 0 Å². The van der Waals surface area contributed by atoms with Crippen molar-refractivity contribution in [1.29, 1.82) is 0 Å². The number of ether oxygens (including phenoxy) is 2. The number of para-hydroxylation sites is 1. The molecule has 0 saturated carbocycles. The minimum Gasteiger partial charge on any atom is -0.482 e. The number of nitrogens with one attached hydrogen (secondary N) is 1. The van der Waals surface area contributed by atoms with Crippen LogP contribution in [0, 0.1) is 0 Å². The molecule has 7 nitrogen and oxygen atoms in total. The van der Waals surface area contributed by atoms with Gasteiger partial charge in [0.2, 0.25) is 0 Å². The standard InChI is InChI=1S/C20H13ClF3NO6/c21-14-3-1-2-13(20(22,23)24)19(14)25-16(26)9-30-18(28)10-29-12-6-4-11-5-7-17(27)31-15(11)8-12/h1-8H,9-10H2,(H,25,26). The van der Waals surface area contributed by atoms with E-state index in [4.69, 9.17) is 25.5 Å². The van der Waals surface area contributed by atoms with Crippen LogP contribution < -0.4 is 15.7 Å². The second kappa shape index (κ2) is 9.09. The number of alkyl halides is 3. The van der Waals surface area contributed by atoms with Crippen LogP contribution in [0.25, 0.3) is 11.0 Å². The fourth-order valence-corrected chi connectivity index (χ4v) is 2.75. The fourth-order valence-electron chi connectivity index (χ4n) is 2.52. The summed E-state index contributed by atoms with van der Waals surface area (Å²) in [6.45, 7) is -1.44. The first-order chi connectivity index (χ1) is 14.6. The smallest absolute Gasteiger partial charge is 0.418 e. The van der Waals surface area contributed by atoms with Gasteiger partial charge < -0.3 is 19.2 Å². The minimum absolute atomic E-state index is 0.203. The number of anilines is 1. The lowest BCUT2D eigenvalue weighted by Crippen LogP contribution is -2.25. The Kier molecular flexibility index (Phi) is 6.50. The molecule has 1 heterocycles. The van der Waals surface area contributed by atoms with Crippen molar-refractivity contribution in [2.75, 3.05) is 18.5 Å². The number of benzene rings is 2. The summed E-state index contributed by atoms with van der Waals surface area (Å²) < 4.78 is 54.0. The highest BCUT2D eigenvalue weighted by Crippen LogP contribution is 2.38. The number of amides is 1. The topological polar surface area (TPSA) is 94.8 Å². The monoisotopic (exact) mass is 455 g/mol. The molecular weight excluding hydrogens is 443 g/mol. The summed E-state index contributed by atoms with van der Waals surface area (Å²) in [7, 11) is 0. The van der Waals surface area contributed by atoms with Crippen LogP contribution in [-0.2, 0) is 20.5 Å². The molecule has 0 radical (unpaired) electrons. The Balaban J connectivity index is 1.55. The summed E-state index contributed by atoms with van der Waals surface area (Å²) in [4.78, 5) is 34.9. The lowest BCUT2D eigenvalue weighted by molar-refractivity contribution is -0.149. The molecule has 0 saturated heterocycles. The molecule has 1 aromatic heterocycles. The van der Waals surface area contributed by atoms with Crippen LogP contribution in [-0.4, -0.2) is 25.1 Å². The van der Waals surface area contributed by atoms with Gasteiger partial charge in [0.05, 0.1) is 16.3 Å². The van der Waals surface area contributed by atoms with Crippen LogP contribution >= 0.6 is 11.6 Å². The number of carbonyl (C=O) groups is 2. The van der Waals surface area contributed by atoms with Gasteiger partial charge in [-0.15, -0.1) is 0 Å². The van der Waals surface area contributed by atoms with E-state index in [1.807, 2.05) is 5.32 Å². The number of halogens is 4. The quantitative estimate of drug-likeness (QED) is 0.445. The van der Waals surface area contributed by atoms with Gasteiger partial charge in [0, 0.05) is 17.5 Å². The van der Waals surface area contributed by atoms with Gasteiger partial charge in [-0.05, 0) is 30.3 Å². The molecule has 31 heavy (non-hydrogen) atoms. The summed E-state index contributed by atoms with van der Waals surface area (Å²) in [5.41, 5.74) is -2.07. The first kappa shape index (κ1) is 22.2. The normalized spacial score (nSPS) is 11.2. The van der Waals surface area contributed by atoms with Gasteiger partial charge in [-0.3, -0.25) is 4.79 Å². The van der Waals surface area contributed by atoms with Crippen molar-refractivity contribution in [3.8, 4) is 5.75 Å². The highest BCUT2D eigenvalue weighted by molar-refractivity contribution is 6.34. The largest absolute Gasteiger partial charge is 0.482 e. The summed E-state index contributed by atoms with van der Waals surface area (Å²) in [6.07, 6.45) is -4.74. The molecule has 0 unspecified atom stereocenters. The molecule has 1 amide bonds. The molecule has 11 heteroatoms. The number of hydrogen-bond donors (Lipinski definition) is 1. The lowest BCUT2D eigenvalue weighted by atomic mass is 10.1. The van der Waals surface area contributed by atoms with Gasteiger partial charge in [-0.2, -0.15) is 13.2 Å². The van der Waals surface area contributed by atoms with E-state index in [1.165, 1.54) is 24.3 Å². The molecule has 0 aliphatic rings. The molecule has 0 spiro atoms. The average Bonchev–Trinajstić information content (AvgIpc) is 2.71. The number of fused-ring (bicyclic) bond motifs is 1. The zero-order valence-electron chi connectivity index (χ0n) is 15.5. The van der Waals surface area contributed by atoms with Gasteiger partial charge in [-0.1, -0.05) is 17.7 Å². The summed E-state index contributed by atoms with van der Waals surface area (Å²) in [6, 6.07) is 10.4. The molecule has 2 aromatic carbocycles. The maximum Gasteiger partial charge on any atom is 0.418 e.